The van der Waals surface area contributed by atoms with Crippen LogP contribution in [0.3, 0.4) is 0 Å². The number of oxime groups is 1. The van der Waals surface area contributed by atoms with Crippen LogP contribution in [0.4, 0.5) is 4.79 Å². The van der Waals surface area contributed by atoms with Crippen molar-refractivity contribution in [3.05, 3.63) is 114 Å². The summed E-state index contributed by atoms with van der Waals surface area (Å²) >= 11 is 0. The van der Waals surface area contributed by atoms with Gasteiger partial charge in [-0.2, -0.15) is 0 Å². The predicted octanol–water partition coefficient (Wildman–Crippen LogP) is 8.20. The average Bonchev–Trinajstić information content (AvgIpc) is 3.55. The van der Waals surface area contributed by atoms with Crippen molar-refractivity contribution in [2.75, 3.05) is 20.8 Å². The zero-order valence-corrected chi connectivity index (χ0v) is 40.4. The normalized spacial score (nSPS) is 13.6. The van der Waals surface area contributed by atoms with Crippen LogP contribution in [0.5, 0.6) is 0 Å². The first-order chi connectivity index (χ1) is 30.2. The minimum atomic E-state index is -2.88. The van der Waals surface area contributed by atoms with Crippen molar-refractivity contribution in [2.24, 2.45) is 16.3 Å². The van der Waals surface area contributed by atoms with Crippen LogP contribution in [0.1, 0.15) is 98.6 Å². The number of hydrogen-bond acceptors (Lipinski definition) is 10. The first-order valence-electron chi connectivity index (χ1n) is 21.7. The summed E-state index contributed by atoms with van der Waals surface area (Å²) < 4.78 is 25.7. The molecular weight excluding hydrogens is 827 g/mol. The summed E-state index contributed by atoms with van der Waals surface area (Å²) in [4.78, 5) is 48.0. The number of amides is 1. The standard InChI is InChI=1S/C50H65N5O8Si/c1-13-55-41-27-26-34(45(51)54-63-42(56)30-40(46(57)60-12)53-47(58)62-48(3,4)5)29-38(41)39(44(55)37-25-20-28-52-43(37)33(2)59-11)31-50(9,10)32-61-64(49(6,7)8,35-21-16-14-17-22-35)36-23-18-15-19-24-36/h14-29,33,40H,13,30-32H2,1-12H3,(H2,51,54)(H,53,58)/t33-,40-/m0/s1. The molecule has 64 heavy (non-hydrogen) atoms. The molecule has 2 aromatic heterocycles. The molecule has 342 valence electrons. The molecule has 5 rings (SSSR count). The number of rotatable bonds is 17. The monoisotopic (exact) mass is 891 g/mol. The molecule has 0 radical (unpaired) electrons. The number of nitrogens with two attached hydrogens (primary N) is 1. The largest absolute Gasteiger partial charge is 0.467 e. The molecule has 0 saturated carbocycles. The summed E-state index contributed by atoms with van der Waals surface area (Å²) in [6.07, 6.45) is 0.632. The summed E-state index contributed by atoms with van der Waals surface area (Å²) in [7, 11) is -0.0499. The molecule has 0 unspecified atom stereocenters. The van der Waals surface area contributed by atoms with Crippen LogP contribution < -0.4 is 21.4 Å². The molecule has 5 aromatic rings. The molecule has 0 spiro atoms. The highest BCUT2D eigenvalue weighted by Gasteiger charge is 2.51. The van der Waals surface area contributed by atoms with E-state index in [0.717, 1.165) is 40.5 Å². The lowest BCUT2D eigenvalue weighted by atomic mass is 9.84. The topological polar surface area (TPSA) is 166 Å². The molecule has 0 aliphatic heterocycles. The Balaban J connectivity index is 1.58. The quantitative estimate of drug-likeness (QED) is 0.0232. The van der Waals surface area contributed by atoms with E-state index < -0.39 is 49.8 Å². The number of methoxy groups -OCH3 is 2. The molecule has 0 aliphatic rings. The van der Waals surface area contributed by atoms with Crippen molar-refractivity contribution in [1.29, 1.82) is 0 Å². The number of hydrogen-bond donors (Lipinski definition) is 2. The van der Waals surface area contributed by atoms with Crippen molar-refractivity contribution in [2.45, 2.75) is 111 Å². The Hall–Kier alpha value is -5.83. The van der Waals surface area contributed by atoms with E-state index in [9.17, 15) is 14.4 Å². The van der Waals surface area contributed by atoms with Crippen LogP contribution in [-0.4, -0.2) is 74.2 Å². The second-order valence-corrected chi connectivity index (χ2v) is 23.1. The highest BCUT2D eigenvalue weighted by atomic mass is 28.4. The van der Waals surface area contributed by atoms with E-state index in [2.05, 4.69) is 111 Å². The molecular formula is C50H65N5O8Si. The fourth-order valence-corrected chi connectivity index (χ4v) is 13.0. The molecule has 2 heterocycles. The minimum absolute atomic E-state index is 0.0638. The number of alkyl carbamates (subject to hydrolysis) is 1. The molecule has 14 heteroatoms. The first kappa shape index (κ1) is 49.2. The fraction of sp³-hybridized carbons (Fsp3) is 0.420. The van der Waals surface area contributed by atoms with Crippen molar-refractivity contribution in [1.82, 2.24) is 14.9 Å². The maximum absolute atomic E-state index is 13.0. The third-order valence-electron chi connectivity index (χ3n) is 11.2. The summed E-state index contributed by atoms with van der Waals surface area (Å²) in [5.41, 5.74) is 10.6. The van der Waals surface area contributed by atoms with Crippen LogP contribution in [0.2, 0.25) is 5.04 Å². The zero-order valence-electron chi connectivity index (χ0n) is 39.4. The van der Waals surface area contributed by atoms with E-state index in [0.29, 0.717) is 25.1 Å². The molecule has 1 amide bonds. The molecule has 0 fully saturated rings. The van der Waals surface area contributed by atoms with Gasteiger partial charge < -0.3 is 39.1 Å². The lowest BCUT2D eigenvalue weighted by molar-refractivity contribution is -0.151. The molecule has 0 bridgehead atoms. The third-order valence-corrected chi connectivity index (χ3v) is 16.1. The number of nitrogens with one attached hydrogen (secondary N) is 1. The Morgan fingerprint density at radius 3 is 2.05 bits per heavy atom. The van der Waals surface area contributed by atoms with E-state index in [-0.39, 0.29) is 17.0 Å². The molecule has 0 saturated heterocycles. The summed E-state index contributed by atoms with van der Waals surface area (Å²) in [5.74, 6) is -1.84. The van der Waals surface area contributed by atoms with E-state index in [4.69, 9.17) is 34.2 Å². The van der Waals surface area contributed by atoms with Crippen LogP contribution >= 0.6 is 0 Å². The van der Waals surface area contributed by atoms with Gasteiger partial charge >= 0.3 is 18.0 Å². The van der Waals surface area contributed by atoms with Crippen LogP contribution in [0.15, 0.2) is 102 Å². The van der Waals surface area contributed by atoms with Gasteiger partial charge in [0.1, 0.15) is 11.6 Å². The van der Waals surface area contributed by atoms with Gasteiger partial charge in [0.2, 0.25) is 0 Å². The smallest absolute Gasteiger partial charge is 0.408 e. The second kappa shape index (κ2) is 20.3. The van der Waals surface area contributed by atoms with E-state index >= 15 is 0 Å². The summed E-state index contributed by atoms with van der Waals surface area (Å²) in [6, 6.07) is 29.7. The van der Waals surface area contributed by atoms with Crippen molar-refractivity contribution in [3.8, 4) is 11.3 Å². The van der Waals surface area contributed by atoms with Crippen LogP contribution in [0, 0.1) is 5.41 Å². The van der Waals surface area contributed by atoms with Gasteiger partial charge in [-0.05, 0) is 97.8 Å². The van der Waals surface area contributed by atoms with Gasteiger partial charge in [0.25, 0.3) is 8.32 Å². The SMILES string of the molecule is CCn1c(-c2cccnc2[C@H](C)OC)c(CC(C)(C)CO[Si](c2ccccc2)(c2ccccc2)C(C)(C)C)c2cc(C(N)=NOC(=O)C[C@H](NC(=O)OC(C)(C)C)C(=O)OC)ccc21. The van der Waals surface area contributed by atoms with Gasteiger partial charge in [0.05, 0.1) is 31.0 Å². The van der Waals surface area contributed by atoms with Crippen molar-refractivity contribution >= 4 is 53.5 Å². The molecule has 0 aliphatic carbocycles. The van der Waals surface area contributed by atoms with Gasteiger partial charge in [0, 0.05) is 48.5 Å². The lowest BCUT2D eigenvalue weighted by Gasteiger charge is -2.44. The van der Waals surface area contributed by atoms with E-state index in [1.807, 2.05) is 43.3 Å². The highest BCUT2D eigenvalue weighted by molar-refractivity contribution is 6.99. The van der Waals surface area contributed by atoms with Crippen molar-refractivity contribution in [3.63, 3.8) is 0 Å². The number of aromatic nitrogens is 2. The first-order valence-corrected chi connectivity index (χ1v) is 23.6. The predicted molar refractivity (Wildman–Crippen MR) is 254 cm³/mol. The number of esters is 1. The number of amidine groups is 1. The van der Waals surface area contributed by atoms with Gasteiger partial charge in [-0.1, -0.05) is 100 Å². The Labute approximate surface area is 378 Å². The third kappa shape index (κ3) is 11.3. The Morgan fingerprint density at radius 2 is 1.50 bits per heavy atom. The van der Waals surface area contributed by atoms with Gasteiger partial charge in [-0.25, -0.2) is 14.4 Å². The lowest BCUT2D eigenvalue weighted by Crippen LogP contribution is -2.67. The zero-order chi connectivity index (χ0) is 47.0. The minimum Gasteiger partial charge on any atom is -0.467 e. The molecule has 13 nitrogen and oxygen atoms in total. The van der Waals surface area contributed by atoms with E-state index in [1.165, 1.54) is 10.4 Å². The fourth-order valence-electron chi connectivity index (χ4n) is 8.19. The Bertz CT molecular complexity index is 2400. The van der Waals surface area contributed by atoms with Crippen LogP contribution in [0.25, 0.3) is 22.2 Å². The highest BCUT2D eigenvalue weighted by Crippen LogP contribution is 2.42. The Morgan fingerprint density at radius 1 is 0.875 bits per heavy atom. The Kier molecular flexibility index (Phi) is 15.6. The number of benzene rings is 3. The molecule has 3 N–H and O–H groups in total. The van der Waals surface area contributed by atoms with Crippen LogP contribution in [-0.2, 0) is 46.0 Å². The number of nitrogens with zero attached hydrogens (tertiary/aromatic N) is 3. The van der Waals surface area contributed by atoms with Crippen molar-refractivity contribution < 1.29 is 37.9 Å². The number of fused-ring (bicyclic) bond motifs is 1. The van der Waals surface area contributed by atoms with Gasteiger partial charge in [-0.15, -0.1) is 0 Å². The number of ether oxygens (including phenoxy) is 3. The second-order valence-electron chi connectivity index (χ2n) is 18.8. The number of pyridine rings is 1. The number of aryl methyl sites for hydroxylation is 1. The van der Waals surface area contributed by atoms with Gasteiger partial charge in [-0.3, -0.25) is 4.98 Å². The summed E-state index contributed by atoms with van der Waals surface area (Å²) in [6.45, 7) is 21.6. The number of carbonyl (C=O) groups excluding carboxylic acids is 3. The maximum Gasteiger partial charge on any atom is 0.408 e. The maximum atomic E-state index is 13.0. The molecule has 2 atom stereocenters. The van der Waals surface area contributed by atoms with Gasteiger partial charge in [0.15, 0.2) is 5.84 Å². The van der Waals surface area contributed by atoms with E-state index in [1.54, 1.807) is 34.1 Å². The molecule has 3 aromatic carbocycles. The number of carbonyl (C=O) groups is 3. The summed E-state index contributed by atoms with van der Waals surface area (Å²) in [5, 5.41) is 9.48. The average molecular weight is 892 g/mol.